The Morgan fingerprint density at radius 2 is 1.75 bits per heavy atom. The lowest BCUT2D eigenvalue weighted by atomic mass is 9.74. The summed E-state index contributed by atoms with van der Waals surface area (Å²) in [6, 6.07) is 0.340. The maximum absolute atomic E-state index is 12.5. The number of ether oxygens (including phenoxy) is 1. The molecule has 0 aromatic carbocycles. The van der Waals surface area contributed by atoms with Crippen LogP contribution in [-0.4, -0.2) is 31.7 Å². The summed E-state index contributed by atoms with van der Waals surface area (Å²) in [4.78, 5) is 12.5. The number of hydrogen-bond acceptors (Lipinski definition) is 3. The summed E-state index contributed by atoms with van der Waals surface area (Å²) in [5.74, 6) is 0.156. The fraction of sp³-hybridized carbons (Fsp3) is 0.933. The van der Waals surface area contributed by atoms with E-state index in [0.29, 0.717) is 31.2 Å². The van der Waals surface area contributed by atoms with Crippen LogP contribution in [0.5, 0.6) is 0 Å². The topological polar surface area (TPSA) is 64.4 Å². The van der Waals surface area contributed by atoms with E-state index in [9.17, 15) is 4.79 Å². The summed E-state index contributed by atoms with van der Waals surface area (Å²) >= 11 is 0. The average Bonchev–Trinajstić information content (AvgIpc) is 2.42. The molecule has 2 fully saturated rings. The molecule has 0 unspecified atom stereocenters. The maximum Gasteiger partial charge on any atom is 0.227 e. The molecule has 2 rings (SSSR count). The largest absolute Gasteiger partial charge is 0.381 e. The first-order chi connectivity index (χ1) is 8.97. The highest BCUT2D eigenvalue weighted by Crippen LogP contribution is 2.36. The van der Waals surface area contributed by atoms with Gasteiger partial charge in [0.25, 0.3) is 0 Å². The second-order valence-electron chi connectivity index (χ2n) is 7.01. The fourth-order valence-corrected chi connectivity index (χ4v) is 3.17. The maximum atomic E-state index is 12.5. The van der Waals surface area contributed by atoms with E-state index in [2.05, 4.69) is 19.2 Å². The normalized spacial score (nSPS) is 25.6. The Morgan fingerprint density at radius 1 is 1.20 bits per heavy atom. The van der Waals surface area contributed by atoms with Crippen LogP contribution in [0.2, 0.25) is 0 Å². The Labute approximate surface area is 128 Å². The number of nitrogens with two attached hydrogens (primary N) is 1. The molecule has 1 amide bonds. The van der Waals surface area contributed by atoms with Crippen molar-refractivity contribution in [3.63, 3.8) is 0 Å². The van der Waals surface area contributed by atoms with Gasteiger partial charge < -0.3 is 15.8 Å². The van der Waals surface area contributed by atoms with E-state index in [0.717, 1.165) is 25.7 Å². The number of rotatable bonds is 3. The van der Waals surface area contributed by atoms with Gasteiger partial charge in [0.1, 0.15) is 0 Å². The number of carbonyl (C=O) groups is 1. The second-order valence-corrected chi connectivity index (χ2v) is 7.01. The van der Waals surface area contributed by atoms with Crippen LogP contribution in [0.15, 0.2) is 0 Å². The lowest BCUT2D eigenvalue weighted by Crippen LogP contribution is -2.52. The molecule has 0 radical (unpaired) electrons. The van der Waals surface area contributed by atoms with Crippen molar-refractivity contribution in [2.45, 2.75) is 58.4 Å². The third kappa shape index (κ3) is 4.09. The quantitative estimate of drug-likeness (QED) is 0.840. The van der Waals surface area contributed by atoms with Crippen LogP contribution < -0.4 is 11.1 Å². The average molecular weight is 305 g/mol. The van der Waals surface area contributed by atoms with Crippen LogP contribution in [0.1, 0.15) is 52.4 Å². The fourth-order valence-electron chi connectivity index (χ4n) is 3.17. The van der Waals surface area contributed by atoms with Gasteiger partial charge in [0.2, 0.25) is 5.91 Å². The highest BCUT2D eigenvalue weighted by atomic mass is 35.5. The van der Waals surface area contributed by atoms with Crippen molar-refractivity contribution in [3.8, 4) is 0 Å². The first-order valence-corrected chi connectivity index (χ1v) is 7.56. The van der Waals surface area contributed by atoms with Crippen molar-refractivity contribution in [1.29, 1.82) is 0 Å². The number of amides is 1. The first kappa shape index (κ1) is 17.7. The highest BCUT2D eigenvalue weighted by Gasteiger charge is 2.40. The number of carbonyl (C=O) groups excluding carboxylic acids is 1. The van der Waals surface area contributed by atoms with Crippen molar-refractivity contribution in [1.82, 2.24) is 5.32 Å². The standard InChI is InChI=1S/C15H28N2O2.ClH/c1-14(2)5-3-12(4-6-14)17-13(18)15(11-16)7-9-19-10-8-15;/h12H,3-11,16H2,1-2H3,(H,17,18);1H. The minimum Gasteiger partial charge on any atom is -0.381 e. The Hall–Kier alpha value is -0.320. The van der Waals surface area contributed by atoms with E-state index >= 15 is 0 Å². The van der Waals surface area contributed by atoms with E-state index in [1.54, 1.807) is 0 Å². The predicted octanol–water partition coefficient (Wildman–Crippen LogP) is 2.25. The van der Waals surface area contributed by atoms with E-state index in [1.165, 1.54) is 12.8 Å². The molecule has 0 aromatic rings. The van der Waals surface area contributed by atoms with Crippen LogP contribution in [-0.2, 0) is 9.53 Å². The van der Waals surface area contributed by atoms with Crippen molar-refractivity contribution < 1.29 is 9.53 Å². The van der Waals surface area contributed by atoms with Gasteiger partial charge in [-0.15, -0.1) is 12.4 Å². The zero-order valence-electron chi connectivity index (χ0n) is 12.7. The minimum absolute atomic E-state index is 0. The summed E-state index contributed by atoms with van der Waals surface area (Å²) in [6.45, 7) is 6.36. The monoisotopic (exact) mass is 304 g/mol. The van der Waals surface area contributed by atoms with Gasteiger partial charge in [0, 0.05) is 25.8 Å². The molecule has 3 N–H and O–H groups in total. The molecule has 1 heterocycles. The Kier molecular flexibility index (Phi) is 6.29. The molecule has 0 bridgehead atoms. The summed E-state index contributed by atoms with van der Waals surface area (Å²) < 4.78 is 5.36. The molecule has 20 heavy (non-hydrogen) atoms. The zero-order valence-corrected chi connectivity index (χ0v) is 13.6. The summed E-state index contributed by atoms with van der Waals surface area (Å²) in [5.41, 5.74) is 5.92. The van der Waals surface area contributed by atoms with Crippen molar-refractivity contribution in [2.24, 2.45) is 16.6 Å². The second kappa shape index (κ2) is 7.10. The Bertz CT molecular complexity index is 318. The molecule has 0 spiro atoms. The lowest BCUT2D eigenvalue weighted by Gasteiger charge is -2.39. The highest BCUT2D eigenvalue weighted by molar-refractivity contribution is 5.85. The molecular formula is C15H29ClN2O2. The van der Waals surface area contributed by atoms with Crippen molar-refractivity contribution in [3.05, 3.63) is 0 Å². The lowest BCUT2D eigenvalue weighted by molar-refractivity contribution is -0.137. The smallest absolute Gasteiger partial charge is 0.227 e. The molecule has 1 aliphatic heterocycles. The van der Waals surface area contributed by atoms with Gasteiger partial charge >= 0.3 is 0 Å². The van der Waals surface area contributed by atoms with E-state index in [-0.39, 0.29) is 23.7 Å². The number of halogens is 1. The van der Waals surface area contributed by atoms with E-state index in [4.69, 9.17) is 10.5 Å². The Balaban J connectivity index is 0.00000200. The van der Waals surface area contributed by atoms with Crippen LogP contribution in [0.4, 0.5) is 0 Å². The van der Waals surface area contributed by atoms with Gasteiger partial charge in [-0.2, -0.15) is 0 Å². The molecule has 2 aliphatic rings. The van der Waals surface area contributed by atoms with Crippen LogP contribution >= 0.6 is 12.4 Å². The number of hydrogen-bond donors (Lipinski definition) is 2. The number of nitrogens with one attached hydrogen (secondary N) is 1. The molecular weight excluding hydrogens is 276 g/mol. The van der Waals surface area contributed by atoms with Crippen molar-refractivity contribution >= 4 is 18.3 Å². The first-order valence-electron chi connectivity index (χ1n) is 7.56. The molecule has 118 valence electrons. The van der Waals surface area contributed by atoms with Crippen molar-refractivity contribution in [2.75, 3.05) is 19.8 Å². The van der Waals surface area contributed by atoms with Gasteiger partial charge in [-0.1, -0.05) is 13.8 Å². The molecule has 0 aromatic heterocycles. The molecule has 5 heteroatoms. The van der Waals surface area contributed by atoms with Gasteiger partial charge in [-0.25, -0.2) is 0 Å². The molecule has 4 nitrogen and oxygen atoms in total. The Morgan fingerprint density at radius 3 is 2.25 bits per heavy atom. The summed E-state index contributed by atoms with van der Waals surface area (Å²) in [7, 11) is 0. The third-order valence-electron chi connectivity index (χ3n) is 5.00. The predicted molar refractivity (Wildman–Crippen MR) is 83.0 cm³/mol. The zero-order chi connectivity index (χ0) is 13.9. The molecule has 1 aliphatic carbocycles. The third-order valence-corrected chi connectivity index (χ3v) is 5.00. The van der Waals surface area contributed by atoms with Crippen LogP contribution in [0, 0.1) is 10.8 Å². The van der Waals surface area contributed by atoms with Gasteiger partial charge in [0.05, 0.1) is 5.41 Å². The minimum atomic E-state index is -0.384. The van der Waals surface area contributed by atoms with Crippen LogP contribution in [0.25, 0.3) is 0 Å². The van der Waals surface area contributed by atoms with Gasteiger partial charge in [-0.05, 0) is 43.9 Å². The van der Waals surface area contributed by atoms with Gasteiger partial charge in [0.15, 0.2) is 0 Å². The van der Waals surface area contributed by atoms with Gasteiger partial charge in [-0.3, -0.25) is 4.79 Å². The van der Waals surface area contributed by atoms with E-state index in [1.807, 2.05) is 0 Å². The van der Waals surface area contributed by atoms with Crippen LogP contribution in [0.3, 0.4) is 0 Å². The molecule has 1 saturated carbocycles. The molecule has 1 saturated heterocycles. The summed E-state index contributed by atoms with van der Waals surface area (Å²) in [5, 5.41) is 3.24. The SMILES string of the molecule is CC1(C)CCC(NC(=O)C2(CN)CCOCC2)CC1.Cl. The molecule has 0 atom stereocenters. The summed E-state index contributed by atoms with van der Waals surface area (Å²) in [6.07, 6.45) is 6.08. The van der Waals surface area contributed by atoms with E-state index < -0.39 is 0 Å².